The third kappa shape index (κ3) is 7.98. The highest BCUT2D eigenvalue weighted by Gasteiger charge is 2.34. The molecule has 28 heavy (non-hydrogen) atoms. The van der Waals surface area contributed by atoms with Crippen molar-refractivity contribution in [2.24, 2.45) is 5.92 Å². The summed E-state index contributed by atoms with van der Waals surface area (Å²) in [6.07, 6.45) is 3.39. The molecule has 8 heteroatoms. The average molecular weight is 412 g/mol. The number of rotatable bonds is 9. The van der Waals surface area contributed by atoms with Gasteiger partial charge in [0, 0.05) is 6.42 Å². The van der Waals surface area contributed by atoms with Gasteiger partial charge in [-0.05, 0) is 63.5 Å². The molecule has 1 aromatic rings. The number of aromatic hydroxyl groups is 1. The van der Waals surface area contributed by atoms with Gasteiger partial charge in [-0.15, -0.1) is 16.8 Å². The Kier molecular flexibility index (Phi) is 8.00. The van der Waals surface area contributed by atoms with Crippen LogP contribution in [0, 0.1) is 5.92 Å². The highest BCUT2D eigenvalue weighted by molar-refractivity contribution is 7.98. The zero-order chi connectivity index (χ0) is 20.7. The molecule has 1 aliphatic rings. The van der Waals surface area contributed by atoms with Gasteiger partial charge in [0.1, 0.15) is 17.4 Å². The third-order valence-electron chi connectivity index (χ3n) is 3.98. The number of nitrogens with zero attached hydrogens (tertiary/aromatic N) is 1. The van der Waals surface area contributed by atoms with E-state index in [1.165, 1.54) is 16.8 Å². The second-order valence-corrected chi connectivity index (χ2v) is 8.69. The number of carbonyl (C=O) groups excluding carboxylic acids is 2. The predicted octanol–water partition coefficient (Wildman–Crippen LogP) is 3.75. The van der Waals surface area contributed by atoms with Gasteiger partial charge in [0.15, 0.2) is 0 Å². The van der Waals surface area contributed by atoms with Gasteiger partial charge < -0.3 is 19.4 Å². The van der Waals surface area contributed by atoms with E-state index in [1.54, 1.807) is 45.0 Å². The molecule has 1 fully saturated rings. The van der Waals surface area contributed by atoms with E-state index >= 15 is 0 Å². The number of thioether (sulfide) groups is 1. The molecule has 0 bridgehead atoms. The van der Waals surface area contributed by atoms with Gasteiger partial charge in [0.05, 0.1) is 12.5 Å². The van der Waals surface area contributed by atoms with Crippen LogP contribution < -0.4 is 0 Å². The molecule has 1 aromatic carbocycles. The fourth-order valence-electron chi connectivity index (χ4n) is 2.41. The van der Waals surface area contributed by atoms with Crippen LogP contribution in [-0.2, 0) is 25.5 Å². The number of hydrogen-bond donors (Lipinski definition) is 1. The first-order valence-corrected chi connectivity index (χ1v) is 10.7. The number of hydroxylamine groups is 2. The van der Waals surface area contributed by atoms with E-state index < -0.39 is 23.8 Å². The Morgan fingerprint density at radius 3 is 2.43 bits per heavy atom. The highest BCUT2D eigenvalue weighted by Crippen LogP contribution is 2.29. The Bertz CT molecular complexity index is 654. The van der Waals surface area contributed by atoms with Gasteiger partial charge in [-0.1, -0.05) is 12.1 Å². The number of phenolic OH excluding ortho intramolecular Hbond substituents is 1. The molecule has 0 spiro atoms. The summed E-state index contributed by atoms with van der Waals surface area (Å²) in [4.78, 5) is 30.3. The second-order valence-electron chi connectivity index (χ2n) is 7.85. The second kappa shape index (κ2) is 10.0. The number of carbonyl (C=O) groups is 2. The molecule has 156 valence electrons. The Balaban J connectivity index is 2.14. The number of phenols is 1. The van der Waals surface area contributed by atoms with E-state index in [2.05, 4.69) is 0 Å². The Labute approximate surface area is 170 Å². The van der Waals surface area contributed by atoms with Crippen molar-refractivity contribution in [2.75, 3.05) is 18.7 Å². The van der Waals surface area contributed by atoms with Crippen molar-refractivity contribution in [3.05, 3.63) is 29.8 Å². The molecule has 0 aromatic heterocycles. The summed E-state index contributed by atoms with van der Waals surface area (Å²) >= 11 is 1.41. The monoisotopic (exact) mass is 411 g/mol. The van der Waals surface area contributed by atoms with Crippen molar-refractivity contribution in [2.45, 2.75) is 51.7 Å². The molecule has 2 rings (SSSR count). The van der Waals surface area contributed by atoms with Crippen molar-refractivity contribution in [3.8, 4) is 5.75 Å². The number of hydrogen-bond acceptors (Lipinski definition) is 8. The molecule has 0 heterocycles. The molecule has 7 nitrogen and oxygen atoms in total. The van der Waals surface area contributed by atoms with Crippen LogP contribution in [0.5, 0.6) is 5.75 Å². The zero-order valence-electron chi connectivity index (χ0n) is 16.8. The van der Waals surface area contributed by atoms with Gasteiger partial charge in [-0.25, -0.2) is 4.79 Å². The lowest BCUT2D eigenvalue weighted by molar-refractivity contribution is -0.181. The summed E-state index contributed by atoms with van der Waals surface area (Å²) in [5.41, 5.74) is 0.103. The SMILES string of the molecule is CSCN(OC(=O)OC(C)(C)C)[C@H](Cc1ccc(O)cc1)C(=O)OCC1CC1. The standard InChI is InChI=1S/C20H29NO6S/c1-20(2,3)26-19(24)27-21(13-28-4)17(18(23)25-12-15-5-6-15)11-14-7-9-16(22)10-8-14/h7-10,15,17,22H,5-6,11-13H2,1-4H3/t17-/m1/s1. The smallest absolute Gasteiger partial charge is 0.508 e. The first kappa shape index (κ1) is 22.4. The predicted molar refractivity (Wildman–Crippen MR) is 107 cm³/mol. The maximum Gasteiger partial charge on any atom is 0.528 e. The molecule has 1 atom stereocenters. The van der Waals surface area contributed by atoms with E-state index in [1.807, 2.05) is 6.26 Å². The van der Waals surface area contributed by atoms with Crippen LogP contribution in [0.4, 0.5) is 4.79 Å². The third-order valence-corrected chi connectivity index (χ3v) is 4.49. The van der Waals surface area contributed by atoms with Gasteiger partial charge in [0.25, 0.3) is 0 Å². The van der Waals surface area contributed by atoms with E-state index in [4.69, 9.17) is 14.3 Å². The van der Waals surface area contributed by atoms with E-state index in [0.29, 0.717) is 12.5 Å². The minimum absolute atomic E-state index is 0.141. The molecule has 1 N–H and O–H groups in total. The lowest BCUT2D eigenvalue weighted by atomic mass is 10.1. The minimum Gasteiger partial charge on any atom is -0.508 e. The number of benzene rings is 1. The maximum atomic E-state index is 12.8. The van der Waals surface area contributed by atoms with Crippen LogP contribution in [0.25, 0.3) is 0 Å². The molecule has 0 radical (unpaired) electrons. The first-order chi connectivity index (χ1) is 13.2. The van der Waals surface area contributed by atoms with Crippen LogP contribution in [0.1, 0.15) is 39.2 Å². The summed E-state index contributed by atoms with van der Waals surface area (Å²) in [7, 11) is 0. The van der Waals surface area contributed by atoms with E-state index in [-0.39, 0.29) is 18.0 Å². The quantitative estimate of drug-likeness (QED) is 0.374. The number of esters is 1. The van der Waals surface area contributed by atoms with Crippen molar-refractivity contribution < 1.29 is 29.0 Å². The molecular weight excluding hydrogens is 382 g/mol. The topological polar surface area (TPSA) is 85.3 Å². The fourth-order valence-corrected chi connectivity index (χ4v) is 2.90. The van der Waals surface area contributed by atoms with Crippen LogP contribution >= 0.6 is 11.8 Å². The molecule has 1 aliphatic carbocycles. The normalized spacial score (nSPS) is 15.2. The summed E-state index contributed by atoms with van der Waals surface area (Å²) in [6, 6.07) is 5.73. The Morgan fingerprint density at radius 1 is 1.25 bits per heavy atom. The lowest BCUT2D eigenvalue weighted by Gasteiger charge is -2.29. The molecule has 0 unspecified atom stereocenters. The number of ether oxygens (including phenoxy) is 2. The Hall–Kier alpha value is -1.93. The van der Waals surface area contributed by atoms with E-state index in [0.717, 1.165) is 18.4 Å². The highest BCUT2D eigenvalue weighted by atomic mass is 32.2. The fraction of sp³-hybridized carbons (Fsp3) is 0.600. The maximum absolute atomic E-state index is 12.8. The summed E-state index contributed by atoms with van der Waals surface area (Å²) in [5.74, 6) is 0.403. The summed E-state index contributed by atoms with van der Waals surface area (Å²) in [5, 5.41) is 10.8. The lowest BCUT2D eigenvalue weighted by Crippen LogP contribution is -2.45. The molecule has 0 amide bonds. The van der Waals surface area contributed by atoms with E-state index in [9.17, 15) is 14.7 Å². The zero-order valence-corrected chi connectivity index (χ0v) is 17.7. The van der Waals surface area contributed by atoms with Crippen LogP contribution in [0.2, 0.25) is 0 Å². The molecule has 0 aliphatic heterocycles. The van der Waals surface area contributed by atoms with Crippen molar-refractivity contribution in [1.82, 2.24) is 5.06 Å². The summed E-state index contributed by atoms with van der Waals surface area (Å²) < 4.78 is 10.7. The minimum atomic E-state index is -0.868. The average Bonchev–Trinajstić information content (AvgIpc) is 3.41. The molecular formula is C20H29NO6S. The molecule has 0 saturated heterocycles. The Morgan fingerprint density at radius 2 is 1.89 bits per heavy atom. The van der Waals surface area contributed by atoms with Crippen LogP contribution in [0.3, 0.4) is 0 Å². The van der Waals surface area contributed by atoms with Gasteiger partial charge >= 0.3 is 12.1 Å². The van der Waals surface area contributed by atoms with Crippen molar-refractivity contribution >= 4 is 23.9 Å². The largest absolute Gasteiger partial charge is 0.528 e. The van der Waals surface area contributed by atoms with Gasteiger partial charge in [-0.3, -0.25) is 4.79 Å². The van der Waals surface area contributed by atoms with Crippen molar-refractivity contribution in [3.63, 3.8) is 0 Å². The van der Waals surface area contributed by atoms with Crippen LogP contribution in [-0.4, -0.2) is 52.7 Å². The summed E-state index contributed by atoms with van der Waals surface area (Å²) in [6.45, 7) is 5.60. The van der Waals surface area contributed by atoms with Crippen LogP contribution in [0.15, 0.2) is 24.3 Å². The van der Waals surface area contributed by atoms with Gasteiger partial charge in [-0.2, -0.15) is 0 Å². The van der Waals surface area contributed by atoms with Crippen molar-refractivity contribution in [1.29, 1.82) is 0 Å². The molecule has 1 saturated carbocycles. The first-order valence-electron chi connectivity index (χ1n) is 9.29. The van der Waals surface area contributed by atoms with Gasteiger partial charge in [0.2, 0.25) is 0 Å².